The lowest BCUT2D eigenvalue weighted by atomic mass is 10.2. The largest absolute Gasteiger partial charge is 0.344 e. The van der Waals surface area contributed by atoms with Gasteiger partial charge in [0, 0.05) is 18.2 Å². The van der Waals surface area contributed by atoms with Gasteiger partial charge in [-0.1, -0.05) is 13.8 Å². The molecule has 0 radical (unpaired) electrons. The Morgan fingerprint density at radius 1 is 1.54 bits per heavy atom. The Balaban J connectivity index is 2.12. The highest BCUT2D eigenvalue weighted by Gasteiger charge is 2.18. The molecule has 2 heterocycles. The maximum absolute atomic E-state index is 4.36. The van der Waals surface area contributed by atoms with Crippen LogP contribution in [0.25, 0.3) is 0 Å². The molecule has 1 aromatic heterocycles. The van der Waals surface area contributed by atoms with E-state index in [1.54, 1.807) is 0 Å². The van der Waals surface area contributed by atoms with Crippen molar-refractivity contribution in [1.82, 2.24) is 15.3 Å². The third-order valence-corrected chi connectivity index (χ3v) is 2.60. The van der Waals surface area contributed by atoms with Gasteiger partial charge in [-0.25, -0.2) is 4.98 Å². The number of H-pyrrole nitrogens is 1. The van der Waals surface area contributed by atoms with Crippen molar-refractivity contribution < 1.29 is 0 Å². The standard InChI is InChI=1S/C10H17N3/c1-7(2)10-12-6-9(13-10)8-4-3-5-11-8/h6-8,11H,3-5H2,1-2H3,(H,12,13). The number of aromatic amines is 1. The van der Waals surface area contributed by atoms with Gasteiger partial charge in [-0.2, -0.15) is 0 Å². The quantitative estimate of drug-likeness (QED) is 0.728. The highest BCUT2D eigenvalue weighted by molar-refractivity contribution is 5.09. The highest BCUT2D eigenvalue weighted by Crippen LogP contribution is 2.22. The lowest BCUT2D eigenvalue weighted by Gasteiger charge is -2.06. The van der Waals surface area contributed by atoms with Crippen molar-refractivity contribution >= 4 is 0 Å². The number of rotatable bonds is 2. The van der Waals surface area contributed by atoms with Crippen LogP contribution < -0.4 is 5.32 Å². The zero-order valence-corrected chi connectivity index (χ0v) is 8.30. The Morgan fingerprint density at radius 3 is 2.92 bits per heavy atom. The Bertz CT molecular complexity index is 271. The number of imidazole rings is 1. The summed E-state index contributed by atoms with van der Waals surface area (Å²) in [6, 6.07) is 0.514. The lowest BCUT2D eigenvalue weighted by molar-refractivity contribution is 0.627. The van der Waals surface area contributed by atoms with Crippen LogP contribution in [0.5, 0.6) is 0 Å². The summed E-state index contributed by atoms with van der Waals surface area (Å²) < 4.78 is 0. The maximum atomic E-state index is 4.36. The first-order valence-corrected chi connectivity index (χ1v) is 5.05. The Kier molecular flexibility index (Phi) is 2.36. The maximum Gasteiger partial charge on any atom is 0.108 e. The van der Waals surface area contributed by atoms with Gasteiger partial charge >= 0.3 is 0 Å². The summed E-state index contributed by atoms with van der Waals surface area (Å²) in [6.07, 6.45) is 4.48. The van der Waals surface area contributed by atoms with Crippen molar-refractivity contribution in [2.75, 3.05) is 6.54 Å². The molecule has 0 bridgehead atoms. The molecule has 1 fully saturated rings. The summed E-state index contributed by atoms with van der Waals surface area (Å²) >= 11 is 0. The van der Waals surface area contributed by atoms with E-state index < -0.39 is 0 Å². The normalized spacial score (nSPS) is 22.8. The second kappa shape index (κ2) is 3.50. The molecule has 3 nitrogen and oxygen atoms in total. The number of aromatic nitrogens is 2. The average Bonchev–Trinajstić information content (AvgIpc) is 2.75. The van der Waals surface area contributed by atoms with Gasteiger partial charge < -0.3 is 10.3 Å². The molecule has 1 aromatic rings. The fourth-order valence-electron chi connectivity index (χ4n) is 1.77. The summed E-state index contributed by atoms with van der Waals surface area (Å²) in [4.78, 5) is 7.75. The summed E-state index contributed by atoms with van der Waals surface area (Å²) in [7, 11) is 0. The molecule has 3 heteroatoms. The molecule has 0 aromatic carbocycles. The predicted molar refractivity (Wildman–Crippen MR) is 52.7 cm³/mol. The minimum absolute atomic E-state index is 0.496. The third kappa shape index (κ3) is 1.75. The van der Waals surface area contributed by atoms with E-state index in [9.17, 15) is 0 Å². The van der Waals surface area contributed by atoms with Crippen molar-refractivity contribution in [3.63, 3.8) is 0 Å². The van der Waals surface area contributed by atoms with E-state index in [4.69, 9.17) is 0 Å². The topological polar surface area (TPSA) is 40.7 Å². The van der Waals surface area contributed by atoms with Gasteiger partial charge in [-0.15, -0.1) is 0 Å². The summed E-state index contributed by atoms with van der Waals surface area (Å²) in [5.74, 6) is 1.60. The van der Waals surface area contributed by atoms with E-state index in [1.165, 1.54) is 18.5 Å². The van der Waals surface area contributed by atoms with Gasteiger partial charge in [-0.05, 0) is 19.4 Å². The van der Waals surface area contributed by atoms with Crippen LogP contribution in [0.4, 0.5) is 0 Å². The molecule has 1 atom stereocenters. The van der Waals surface area contributed by atoms with Gasteiger partial charge in [0.2, 0.25) is 0 Å². The third-order valence-electron chi connectivity index (χ3n) is 2.60. The van der Waals surface area contributed by atoms with E-state index >= 15 is 0 Å². The van der Waals surface area contributed by atoms with E-state index in [0.29, 0.717) is 12.0 Å². The minimum atomic E-state index is 0.496. The first kappa shape index (κ1) is 8.75. The molecule has 13 heavy (non-hydrogen) atoms. The molecule has 1 saturated heterocycles. The number of nitrogens with one attached hydrogen (secondary N) is 2. The summed E-state index contributed by atoms with van der Waals surface area (Å²) in [5.41, 5.74) is 1.25. The van der Waals surface area contributed by atoms with Crippen LogP contribution in [-0.2, 0) is 0 Å². The van der Waals surface area contributed by atoms with Crippen LogP contribution >= 0.6 is 0 Å². The second-order valence-electron chi connectivity index (χ2n) is 4.03. The molecule has 1 aliphatic rings. The summed E-state index contributed by atoms with van der Waals surface area (Å²) in [6.45, 7) is 5.45. The average molecular weight is 179 g/mol. The first-order valence-electron chi connectivity index (χ1n) is 5.05. The van der Waals surface area contributed by atoms with Crippen LogP contribution in [0, 0.1) is 0 Å². The Hall–Kier alpha value is -0.830. The Morgan fingerprint density at radius 2 is 2.38 bits per heavy atom. The zero-order chi connectivity index (χ0) is 9.26. The second-order valence-corrected chi connectivity index (χ2v) is 4.03. The number of hydrogen-bond acceptors (Lipinski definition) is 2. The molecule has 72 valence electrons. The van der Waals surface area contributed by atoms with Crippen LogP contribution in [0.1, 0.15) is 50.2 Å². The summed E-state index contributed by atoms with van der Waals surface area (Å²) in [5, 5.41) is 3.45. The van der Waals surface area contributed by atoms with Crippen molar-refractivity contribution in [3.05, 3.63) is 17.7 Å². The van der Waals surface area contributed by atoms with Gasteiger partial charge in [-0.3, -0.25) is 0 Å². The van der Waals surface area contributed by atoms with Crippen molar-refractivity contribution in [1.29, 1.82) is 0 Å². The van der Waals surface area contributed by atoms with Gasteiger partial charge in [0.05, 0.1) is 5.69 Å². The fourth-order valence-corrected chi connectivity index (χ4v) is 1.77. The Labute approximate surface area is 79.0 Å². The SMILES string of the molecule is CC(C)c1ncc(C2CCCN2)[nH]1. The fraction of sp³-hybridized carbons (Fsp3) is 0.700. The van der Waals surface area contributed by atoms with Crippen LogP contribution in [-0.4, -0.2) is 16.5 Å². The van der Waals surface area contributed by atoms with E-state index in [2.05, 4.69) is 29.1 Å². The van der Waals surface area contributed by atoms with Gasteiger partial charge in [0.25, 0.3) is 0 Å². The van der Waals surface area contributed by atoms with Crippen LogP contribution in [0.3, 0.4) is 0 Å². The molecule has 2 rings (SSSR count). The number of nitrogens with zero attached hydrogens (tertiary/aromatic N) is 1. The molecule has 1 unspecified atom stereocenters. The molecule has 0 amide bonds. The monoisotopic (exact) mass is 179 g/mol. The predicted octanol–water partition coefficient (Wildman–Crippen LogP) is 1.96. The van der Waals surface area contributed by atoms with Crippen molar-refractivity contribution in [2.45, 2.75) is 38.6 Å². The van der Waals surface area contributed by atoms with Gasteiger partial charge in [0.15, 0.2) is 0 Å². The highest BCUT2D eigenvalue weighted by atomic mass is 15.0. The van der Waals surface area contributed by atoms with E-state index in [0.717, 1.165) is 12.4 Å². The van der Waals surface area contributed by atoms with Crippen molar-refractivity contribution in [2.24, 2.45) is 0 Å². The van der Waals surface area contributed by atoms with E-state index in [-0.39, 0.29) is 0 Å². The minimum Gasteiger partial charge on any atom is -0.344 e. The molecule has 0 spiro atoms. The molecule has 0 aliphatic carbocycles. The molecule has 0 saturated carbocycles. The molecular formula is C10H17N3. The van der Waals surface area contributed by atoms with E-state index in [1.807, 2.05) is 6.20 Å². The van der Waals surface area contributed by atoms with Crippen molar-refractivity contribution in [3.8, 4) is 0 Å². The zero-order valence-electron chi connectivity index (χ0n) is 8.30. The van der Waals surface area contributed by atoms with Crippen LogP contribution in [0.2, 0.25) is 0 Å². The first-order chi connectivity index (χ1) is 6.27. The van der Waals surface area contributed by atoms with Crippen LogP contribution in [0.15, 0.2) is 6.20 Å². The van der Waals surface area contributed by atoms with Gasteiger partial charge in [0.1, 0.15) is 5.82 Å². The molecule has 2 N–H and O–H groups in total. The molecule has 1 aliphatic heterocycles. The number of hydrogen-bond donors (Lipinski definition) is 2. The molecular weight excluding hydrogens is 162 g/mol. The lowest BCUT2D eigenvalue weighted by Crippen LogP contribution is -2.13. The smallest absolute Gasteiger partial charge is 0.108 e.